The lowest BCUT2D eigenvalue weighted by Gasteiger charge is -2.26. The van der Waals surface area contributed by atoms with E-state index < -0.39 is 23.7 Å². The van der Waals surface area contributed by atoms with Crippen molar-refractivity contribution >= 4 is 29.5 Å². The summed E-state index contributed by atoms with van der Waals surface area (Å²) in [5.41, 5.74) is 1.08. The molecule has 0 fully saturated rings. The fourth-order valence-electron chi connectivity index (χ4n) is 2.66. The maximum Gasteiger partial charge on any atom is 0.259 e. The first-order chi connectivity index (χ1) is 11.0. The third-order valence-corrected chi connectivity index (χ3v) is 3.85. The van der Waals surface area contributed by atoms with Crippen LogP contribution >= 0.6 is 0 Å². The minimum absolute atomic E-state index is 0.127. The number of carbonyl (C=O) groups excluding carboxylic acids is 3. The van der Waals surface area contributed by atoms with Crippen LogP contribution in [-0.4, -0.2) is 43.1 Å². The summed E-state index contributed by atoms with van der Waals surface area (Å²) in [5, 5.41) is 5.15. The second kappa shape index (κ2) is 6.60. The van der Waals surface area contributed by atoms with E-state index in [2.05, 4.69) is 17.2 Å². The first kappa shape index (κ1) is 16.7. The van der Waals surface area contributed by atoms with Crippen molar-refractivity contribution < 1.29 is 18.8 Å². The van der Waals surface area contributed by atoms with Crippen molar-refractivity contribution in [2.75, 3.05) is 19.4 Å². The van der Waals surface area contributed by atoms with Crippen LogP contribution in [0.1, 0.15) is 28.8 Å². The standard InChI is InChI=1S/C16H18FN3O3/c1-9-10-7-12(17)13(18-2)8-11(10)16(23)20(9)14(5-4-6-21)15(22)19-3/h6-8,14,18H,1,4-5H2,2-3H3,(H,19,22). The van der Waals surface area contributed by atoms with Gasteiger partial charge in [0.25, 0.3) is 5.91 Å². The van der Waals surface area contributed by atoms with Crippen molar-refractivity contribution in [3.05, 3.63) is 35.7 Å². The van der Waals surface area contributed by atoms with Gasteiger partial charge in [0.2, 0.25) is 5.91 Å². The molecule has 1 aliphatic heterocycles. The zero-order chi connectivity index (χ0) is 17.1. The summed E-state index contributed by atoms with van der Waals surface area (Å²) in [6, 6.07) is 1.76. The average molecular weight is 319 g/mol. The molecule has 2 N–H and O–H groups in total. The molecule has 23 heavy (non-hydrogen) atoms. The van der Waals surface area contributed by atoms with Crippen LogP contribution < -0.4 is 10.6 Å². The maximum absolute atomic E-state index is 13.9. The number of nitrogens with one attached hydrogen (secondary N) is 2. The van der Waals surface area contributed by atoms with E-state index in [4.69, 9.17) is 0 Å². The molecule has 0 spiro atoms. The van der Waals surface area contributed by atoms with Gasteiger partial charge in [-0.25, -0.2) is 4.39 Å². The number of likely N-dealkylation sites (N-methyl/N-ethyl adjacent to an activating group) is 1. The Morgan fingerprint density at radius 2 is 2.09 bits per heavy atom. The van der Waals surface area contributed by atoms with Crippen LogP contribution in [0, 0.1) is 5.82 Å². The summed E-state index contributed by atoms with van der Waals surface area (Å²) in [4.78, 5) is 36.6. The number of nitrogens with zero attached hydrogens (tertiary/aromatic N) is 1. The predicted molar refractivity (Wildman–Crippen MR) is 84.3 cm³/mol. The molecular formula is C16H18FN3O3. The van der Waals surface area contributed by atoms with E-state index in [1.165, 1.54) is 24.1 Å². The SMILES string of the molecule is C=C1c2cc(F)c(NC)cc2C(=O)N1C(CCC=O)C(=O)NC. The van der Waals surface area contributed by atoms with E-state index in [0.29, 0.717) is 11.8 Å². The van der Waals surface area contributed by atoms with Crippen LogP contribution in [0.5, 0.6) is 0 Å². The van der Waals surface area contributed by atoms with Crippen LogP contribution in [0.15, 0.2) is 18.7 Å². The molecule has 122 valence electrons. The molecule has 7 heteroatoms. The Hall–Kier alpha value is -2.70. The Morgan fingerprint density at radius 3 is 2.65 bits per heavy atom. The largest absolute Gasteiger partial charge is 0.386 e. The minimum Gasteiger partial charge on any atom is -0.386 e. The fourth-order valence-corrected chi connectivity index (χ4v) is 2.66. The predicted octanol–water partition coefficient (Wildman–Crippen LogP) is 1.39. The highest BCUT2D eigenvalue weighted by Gasteiger charge is 2.39. The third kappa shape index (κ3) is 2.81. The first-order valence-electron chi connectivity index (χ1n) is 7.15. The van der Waals surface area contributed by atoms with E-state index >= 15 is 0 Å². The molecule has 1 unspecified atom stereocenters. The molecule has 0 saturated carbocycles. The molecule has 2 amide bonds. The summed E-state index contributed by atoms with van der Waals surface area (Å²) in [5.74, 6) is -1.34. The second-order valence-electron chi connectivity index (χ2n) is 5.12. The van der Waals surface area contributed by atoms with Crippen LogP contribution in [0.25, 0.3) is 5.70 Å². The maximum atomic E-state index is 13.9. The Labute approximate surface area is 133 Å². The Bertz CT molecular complexity index is 687. The number of rotatable bonds is 6. The molecule has 0 bridgehead atoms. The molecule has 1 aromatic rings. The normalized spacial score (nSPS) is 14.5. The second-order valence-corrected chi connectivity index (χ2v) is 5.12. The lowest BCUT2D eigenvalue weighted by atomic mass is 10.1. The van der Waals surface area contributed by atoms with Gasteiger partial charge >= 0.3 is 0 Å². The summed E-state index contributed by atoms with van der Waals surface area (Å²) < 4.78 is 13.9. The van der Waals surface area contributed by atoms with Gasteiger partial charge in [-0.1, -0.05) is 6.58 Å². The molecule has 1 aromatic carbocycles. The molecule has 1 atom stereocenters. The van der Waals surface area contributed by atoms with E-state index in [1.807, 2.05) is 0 Å². The van der Waals surface area contributed by atoms with Crippen molar-refractivity contribution in [2.45, 2.75) is 18.9 Å². The fraction of sp³-hybridized carbons (Fsp3) is 0.312. The van der Waals surface area contributed by atoms with E-state index in [0.717, 1.165) is 0 Å². The van der Waals surface area contributed by atoms with Crippen molar-refractivity contribution in [1.29, 1.82) is 0 Å². The van der Waals surface area contributed by atoms with E-state index in [-0.39, 0.29) is 29.8 Å². The number of amides is 2. The van der Waals surface area contributed by atoms with Gasteiger partial charge in [-0.15, -0.1) is 0 Å². The summed E-state index contributed by atoms with van der Waals surface area (Å²) >= 11 is 0. The number of fused-ring (bicyclic) bond motifs is 1. The number of benzene rings is 1. The highest BCUT2D eigenvalue weighted by Crippen LogP contribution is 2.36. The van der Waals surface area contributed by atoms with Crippen molar-refractivity contribution in [2.24, 2.45) is 0 Å². The van der Waals surface area contributed by atoms with Gasteiger partial charge in [-0.3, -0.25) is 14.5 Å². The topological polar surface area (TPSA) is 78.5 Å². The molecular weight excluding hydrogens is 301 g/mol. The van der Waals surface area contributed by atoms with Gasteiger partial charge in [0.1, 0.15) is 18.1 Å². The van der Waals surface area contributed by atoms with Gasteiger partial charge < -0.3 is 15.4 Å². The lowest BCUT2D eigenvalue weighted by molar-refractivity contribution is -0.124. The highest BCUT2D eigenvalue weighted by molar-refractivity contribution is 6.11. The van der Waals surface area contributed by atoms with Gasteiger partial charge in [-0.05, 0) is 18.6 Å². The molecule has 1 aliphatic rings. The molecule has 0 saturated heterocycles. The first-order valence-corrected chi connectivity index (χ1v) is 7.15. The number of halogens is 1. The molecule has 2 rings (SSSR count). The van der Waals surface area contributed by atoms with Crippen molar-refractivity contribution in [1.82, 2.24) is 10.2 Å². The lowest BCUT2D eigenvalue weighted by Crippen LogP contribution is -2.45. The summed E-state index contributed by atoms with van der Waals surface area (Å²) in [6.07, 6.45) is 0.982. The third-order valence-electron chi connectivity index (χ3n) is 3.85. The Balaban J connectivity index is 2.45. The van der Waals surface area contributed by atoms with Crippen LogP contribution in [0.2, 0.25) is 0 Å². The molecule has 0 radical (unpaired) electrons. The van der Waals surface area contributed by atoms with Crippen LogP contribution in [-0.2, 0) is 9.59 Å². The Kier molecular flexibility index (Phi) is 4.78. The van der Waals surface area contributed by atoms with Crippen molar-refractivity contribution in [3.8, 4) is 0 Å². The smallest absolute Gasteiger partial charge is 0.259 e. The number of anilines is 1. The van der Waals surface area contributed by atoms with Crippen molar-refractivity contribution in [3.63, 3.8) is 0 Å². The van der Waals surface area contributed by atoms with Gasteiger partial charge in [-0.2, -0.15) is 0 Å². The molecule has 1 heterocycles. The number of aldehydes is 1. The summed E-state index contributed by atoms with van der Waals surface area (Å²) in [7, 11) is 3.00. The Morgan fingerprint density at radius 1 is 1.39 bits per heavy atom. The van der Waals surface area contributed by atoms with Crippen LogP contribution in [0.3, 0.4) is 0 Å². The molecule has 0 aromatic heterocycles. The quantitative estimate of drug-likeness (QED) is 0.777. The van der Waals surface area contributed by atoms with E-state index in [9.17, 15) is 18.8 Å². The highest BCUT2D eigenvalue weighted by atomic mass is 19.1. The number of hydrogen-bond donors (Lipinski definition) is 2. The van der Waals surface area contributed by atoms with Gasteiger partial charge in [0.15, 0.2) is 0 Å². The van der Waals surface area contributed by atoms with Crippen LogP contribution in [0.4, 0.5) is 10.1 Å². The average Bonchev–Trinajstić information content (AvgIpc) is 2.78. The van der Waals surface area contributed by atoms with Gasteiger partial charge in [0.05, 0.1) is 11.3 Å². The zero-order valence-corrected chi connectivity index (χ0v) is 13.0. The number of carbonyl (C=O) groups is 3. The van der Waals surface area contributed by atoms with E-state index in [1.54, 1.807) is 7.05 Å². The summed E-state index contributed by atoms with van der Waals surface area (Å²) in [6.45, 7) is 3.82. The van der Waals surface area contributed by atoms with Gasteiger partial charge in [0, 0.05) is 31.8 Å². The molecule has 0 aliphatic carbocycles. The monoisotopic (exact) mass is 319 g/mol. The minimum atomic E-state index is -0.862. The number of hydrogen-bond acceptors (Lipinski definition) is 4. The molecule has 6 nitrogen and oxygen atoms in total. The zero-order valence-electron chi connectivity index (χ0n) is 13.0.